The third-order valence-electron chi connectivity index (χ3n) is 3.48. The van der Waals surface area contributed by atoms with Gasteiger partial charge in [-0.2, -0.15) is 5.10 Å². The van der Waals surface area contributed by atoms with Gasteiger partial charge in [-0.25, -0.2) is 0 Å². The summed E-state index contributed by atoms with van der Waals surface area (Å²) < 4.78 is 2.06. The molecule has 1 fully saturated rings. The molecule has 0 N–H and O–H groups in total. The number of aromatic nitrogens is 2. The maximum atomic E-state index is 6.40. The van der Waals surface area contributed by atoms with Gasteiger partial charge in [-0.15, -0.1) is 0 Å². The Morgan fingerprint density at radius 3 is 2.74 bits per heavy atom. The number of benzene rings is 1. The van der Waals surface area contributed by atoms with Gasteiger partial charge in [0, 0.05) is 11.8 Å². The van der Waals surface area contributed by atoms with E-state index in [4.69, 9.17) is 11.6 Å². The normalized spacial score (nSPS) is 15.2. The zero-order valence-electron chi connectivity index (χ0n) is 11.4. The first-order valence-electron chi connectivity index (χ1n) is 6.97. The van der Waals surface area contributed by atoms with E-state index in [9.17, 15) is 0 Å². The average Bonchev–Trinajstić information content (AvgIpc) is 3.08. The first-order valence-corrected chi connectivity index (χ1v) is 7.35. The SMILES string of the molecule is CC(C)Cc1ccc(-c2ccn(C3CC3)n2)c(Cl)c1. The molecule has 0 amide bonds. The lowest BCUT2D eigenvalue weighted by Gasteiger charge is -2.07. The Balaban J connectivity index is 1.86. The van der Waals surface area contributed by atoms with Crippen LogP contribution in [0.1, 0.15) is 38.3 Å². The van der Waals surface area contributed by atoms with Crippen molar-refractivity contribution in [2.24, 2.45) is 5.92 Å². The van der Waals surface area contributed by atoms with Crippen molar-refractivity contribution < 1.29 is 0 Å². The summed E-state index contributed by atoms with van der Waals surface area (Å²) in [5.74, 6) is 0.649. The Bertz CT molecular complexity index is 582. The molecular weight excluding hydrogens is 256 g/mol. The Kier molecular flexibility index (Phi) is 3.36. The van der Waals surface area contributed by atoms with Crippen molar-refractivity contribution in [1.82, 2.24) is 9.78 Å². The second kappa shape index (κ2) is 5.01. The molecule has 0 saturated heterocycles. The van der Waals surface area contributed by atoms with Crippen molar-refractivity contribution in [3.63, 3.8) is 0 Å². The minimum Gasteiger partial charge on any atom is -0.269 e. The summed E-state index contributed by atoms with van der Waals surface area (Å²) in [5.41, 5.74) is 3.31. The zero-order chi connectivity index (χ0) is 13.4. The van der Waals surface area contributed by atoms with Crippen LogP contribution in [0, 0.1) is 5.92 Å². The molecule has 0 aliphatic heterocycles. The van der Waals surface area contributed by atoms with Crippen LogP contribution in [0.5, 0.6) is 0 Å². The number of halogens is 1. The van der Waals surface area contributed by atoms with Crippen molar-refractivity contribution in [3.05, 3.63) is 41.0 Å². The molecule has 1 saturated carbocycles. The maximum Gasteiger partial charge on any atom is 0.0938 e. The highest BCUT2D eigenvalue weighted by molar-refractivity contribution is 6.33. The van der Waals surface area contributed by atoms with E-state index in [0.717, 1.165) is 22.7 Å². The molecule has 100 valence electrons. The third-order valence-corrected chi connectivity index (χ3v) is 3.80. The fraction of sp³-hybridized carbons (Fsp3) is 0.438. The van der Waals surface area contributed by atoms with Crippen LogP contribution in [0.4, 0.5) is 0 Å². The largest absolute Gasteiger partial charge is 0.269 e. The van der Waals surface area contributed by atoms with Crippen LogP contribution in [0.15, 0.2) is 30.5 Å². The molecule has 1 aromatic heterocycles. The molecule has 2 aromatic rings. The van der Waals surface area contributed by atoms with Crippen LogP contribution in [0.2, 0.25) is 5.02 Å². The van der Waals surface area contributed by atoms with Crippen LogP contribution in [-0.2, 0) is 6.42 Å². The van der Waals surface area contributed by atoms with Gasteiger partial charge in [0.25, 0.3) is 0 Å². The molecule has 3 heteroatoms. The molecule has 1 aromatic carbocycles. The second-order valence-electron chi connectivity index (χ2n) is 5.82. The minimum atomic E-state index is 0.618. The molecule has 0 spiro atoms. The lowest BCUT2D eigenvalue weighted by Crippen LogP contribution is -1.96. The monoisotopic (exact) mass is 274 g/mol. The summed E-state index contributed by atoms with van der Waals surface area (Å²) in [5, 5.41) is 5.43. The molecule has 0 radical (unpaired) electrons. The molecule has 1 aliphatic rings. The number of nitrogens with zero attached hydrogens (tertiary/aromatic N) is 2. The standard InChI is InChI=1S/C16H19ClN2/c1-11(2)9-12-3-6-14(15(17)10-12)16-7-8-19(18-16)13-4-5-13/h3,6-8,10-11,13H,4-5,9H2,1-2H3. The number of hydrogen-bond acceptors (Lipinski definition) is 1. The van der Waals surface area contributed by atoms with Crippen molar-refractivity contribution in [2.45, 2.75) is 39.2 Å². The molecular formula is C16H19ClN2. The highest BCUT2D eigenvalue weighted by atomic mass is 35.5. The fourth-order valence-electron chi connectivity index (χ4n) is 2.39. The highest BCUT2D eigenvalue weighted by Gasteiger charge is 2.24. The highest BCUT2D eigenvalue weighted by Crippen LogP contribution is 2.35. The summed E-state index contributed by atoms with van der Waals surface area (Å²) in [7, 11) is 0. The van der Waals surface area contributed by atoms with Crippen LogP contribution < -0.4 is 0 Å². The molecule has 0 atom stereocenters. The maximum absolute atomic E-state index is 6.40. The lowest BCUT2D eigenvalue weighted by molar-refractivity contribution is 0.643. The summed E-state index contributed by atoms with van der Waals surface area (Å²) in [6.07, 6.45) is 5.63. The van der Waals surface area contributed by atoms with Gasteiger partial charge in [0.15, 0.2) is 0 Å². The van der Waals surface area contributed by atoms with Crippen LogP contribution in [0.25, 0.3) is 11.3 Å². The van der Waals surface area contributed by atoms with Gasteiger partial charge in [0.2, 0.25) is 0 Å². The quantitative estimate of drug-likeness (QED) is 0.788. The van der Waals surface area contributed by atoms with Crippen LogP contribution in [0.3, 0.4) is 0 Å². The van der Waals surface area contributed by atoms with Gasteiger partial charge in [-0.1, -0.05) is 37.6 Å². The molecule has 0 unspecified atom stereocenters. The molecule has 2 nitrogen and oxygen atoms in total. The van der Waals surface area contributed by atoms with Gasteiger partial charge in [-0.3, -0.25) is 4.68 Å². The van der Waals surface area contributed by atoms with E-state index >= 15 is 0 Å². The lowest BCUT2D eigenvalue weighted by atomic mass is 10.0. The predicted octanol–water partition coefficient (Wildman–Crippen LogP) is 4.74. The van der Waals surface area contributed by atoms with Crippen LogP contribution in [-0.4, -0.2) is 9.78 Å². The van der Waals surface area contributed by atoms with Crippen molar-refractivity contribution in [1.29, 1.82) is 0 Å². The summed E-state index contributed by atoms with van der Waals surface area (Å²) in [4.78, 5) is 0. The minimum absolute atomic E-state index is 0.618. The van der Waals surface area contributed by atoms with E-state index in [1.54, 1.807) is 0 Å². The zero-order valence-corrected chi connectivity index (χ0v) is 12.2. The average molecular weight is 275 g/mol. The van der Waals surface area contributed by atoms with Gasteiger partial charge >= 0.3 is 0 Å². The third kappa shape index (κ3) is 2.84. The molecule has 0 bridgehead atoms. The first-order chi connectivity index (χ1) is 9.13. The van der Waals surface area contributed by atoms with E-state index in [1.165, 1.54) is 18.4 Å². The predicted molar refractivity (Wildman–Crippen MR) is 79.5 cm³/mol. The van der Waals surface area contributed by atoms with Crippen molar-refractivity contribution in [2.75, 3.05) is 0 Å². The summed E-state index contributed by atoms with van der Waals surface area (Å²) >= 11 is 6.40. The summed E-state index contributed by atoms with van der Waals surface area (Å²) in [6.45, 7) is 4.44. The Hall–Kier alpha value is -1.28. The van der Waals surface area contributed by atoms with E-state index < -0.39 is 0 Å². The topological polar surface area (TPSA) is 17.8 Å². The fourth-order valence-corrected chi connectivity index (χ4v) is 2.69. The smallest absolute Gasteiger partial charge is 0.0938 e. The van der Waals surface area contributed by atoms with Crippen molar-refractivity contribution >= 4 is 11.6 Å². The van der Waals surface area contributed by atoms with E-state index in [2.05, 4.69) is 54.1 Å². The van der Waals surface area contributed by atoms with Gasteiger partial charge in [-0.05, 0) is 42.9 Å². The molecule has 19 heavy (non-hydrogen) atoms. The van der Waals surface area contributed by atoms with E-state index in [0.29, 0.717) is 12.0 Å². The van der Waals surface area contributed by atoms with E-state index in [1.807, 2.05) is 0 Å². The van der Waals surface area contributed by atoms with Gasteiger partial charge in [0.05, 0.1) is 16.8 Å². The van der Waals surface area contributed by atoms with Crippen molar-refractivity contribution in [3.8, 4) is 11.3 Å². The molecule has 1 heterocycles. The van der Waals surface area contributed by atoms with Gasteiger partial charge in [0.1, 0.15) is 0 Å². The Morgan fingerprint density at radius 1 is 1.32 bits per heavy atom. The van der Waals surface area contributed by atoms with Gasteiger partial charge < -0.3 is 0 Å². The second-order valence-corrected chi connectivity index (χ2v) is 6.23. The van der Waals surface area contributed by atoms with E-state index in [-0.39, 0.29) is 0 Å². The number of rotatable bonds is 4. The first kappa shape index (κ1) is 12.7. The number of hydrogen-bond donors (Lipinski definition) is 0. The summed E-state index contributed by atoms with van der Waals surface area (Å²) in [6, 6.07) is 9.01. The van der Waals surface area contributed by atoms with Crippen LogP contribution >= 0.6 is 11.6 Å². The molecule has 3 rings (SSSR count). The molecule has 1 aliphatic carbocycles. The Morgan fingerprint density at radius 2 is 2.11 bits per heavy atom. The Labute approximate surface area is 119 Å².